The quantitative estimate of drug-likeness (QED) is 0.724. The minimum absolute atomic E-state index is 0.120. The Morgan fingerprint density at radius 1 is 1.25 bits per heavy atom. The largest absolute Gasteiger partial charge is 0.390 e. The zero-order chi connectivity index (χ0) is 12.0. The molecule has 1 saturated heterocycles. The molecule has 0 atom stereocenters. The lowest BCUT2D eigenvalue weighted by molar-refractivity contribution is -0.139. The molecule has 6 heteroatoms. The van der Waals surface area contributed by atoms with Crippen LogP contribution in [0.2, 0.25) is 0 Å². The first-order valence-electron chi connectivity index (χ1n) is 5.48. The molecule has 0 bridgehead atoms. The number of nitrogens with zero attached hydrogens (tertiary/aromatic N) is 1. The molecule has 0 aliphatic carbocycles. The van der Waals surface area contributed by atoms with Gasteiger partial charge in [-0.1, -0.05) is 15.9 Å². The Morgan fingerprint density at radius 2 is 1.88 bits per heavy atom. The van der Waals surface area contributed by atoms with Crippen molar-refractivity contribution in [1.29, 1.82) is 0 Å². The third kappa shape index (κ3) is 6.06. The highest BCUT2D eigenvalue weighted by Gasteiger charge is 2.29. The van der Waals surface area contributed by atoms with Gasteiger partial charge in [0, 0.05) is 25.0 Å². The number of hydrogen-bond donors (Lipinski definition) is 0. The smallest absolute Gasteiger partial charge is 0.377 e. The summed E-state index contributed by atoms with van der Waals surface area (Å²) in [7, 11) is 0. The molecular weight excluding hydrogens is 287 g/mol. The van der Waals surface area contributed by atoms with Crippen LogP contribution in [0, 0.1) is 0 Å². The third-order valence-electron chi connectivity index (χ3n) is 2.68. The molecule has 0 radical (unpaired) electrons. The molecule has 96 valence electrons. The summed E-state index contributed by atoms with van der Waals surface area (Å²) in [6.45, 7) is 2.22. The predicted molar refractivity (Wildman–Crippen MR) is 59.9 cm³/mol. The number of piperidine rings is 1. The Bertz CT molecular complexity index is 193. The second-order valence-electron chi connectivity index (χ2n) is 3.97. The van der Waals surface area contributed by atoms with Gasteiger partial charge in [-0.15, -0.1) is 0 Å². The second-order valence-corrected chi connectivity index (χ2v) is 4.76. The number of hydrogen-bond acceptors (Lipinski definition) is 2. The first-order valence-corrected chi connectivity index (χ1v) is 6.60. The average Bonchev–Trinajstić information content (AvgIpc) is 2.24. The summed E-state index contributed by atoms with van der Waals surface area (Å²) >= 11 is 3.27. The Kier molecular flexibility index (Phi) is 6.07. The Labute approximate surface area is 102 Å². The fourth-order valence-electron chi connectivity index (χ4n) is 1.80. The van der Waals surface area contributed by atoms with Crippen LogP contribution in [0.5, 0.6) is 0 Å². The van der Waals surface area contributed by atoms with Crippen LogP contribution in [0.3, 0.4) is 0 Å². The Morgan fingerprint density at radius 3 is 2.38 bits per heavy atom. The van der Waals surface area contributed by atoms with Crippen molar-refractivity contribution in [3.8, 4) is 0 Å². The van der Waals surface area contributed by atoms with Crippen LogP contribution in [0.15, 0.2) is 0 Å². The van der Waals surface area contributed by atoms with Crippen molar-refractivity contribution >= 4 is 15.9 Å². The second kappa shape index (κ2) is 6.81. The van der Waals surface area contributed by atoms with Gasteiger partial charge in [0.15, 0.2) is 0 Å². The molecule has 0 unspecified atom stereocenters. The first kappa shape index (κ1) is 14.3. The fraction of sp³-hybridized carbons (Fsp3) is 1.00. The SMILES string of the molecule is FC(F)(F)CCN1CCC(OCCBr)CC1. The Hall–Kier alpha value is 0.190. The molecule has 1 fully saturated rings. The van der Waals surface area contributed by atoms with Crippen molar-refractivity contribution in [2.24, 2.45) is 0 Å². The molecule has 2 nitrogen and oxygen atoms in total. The van der Waals surface area contributed by atoms with E-state index in [0.29, 0.717) is 19.7 Å². The van der Waals surface area contributed by atoms with E-state index >= 15 is 0 Å². The number of likely N-dealkylation sites (tertiary alicyclic amines) is 1. The molecule has 0 spiro atoms. The van der Waals surface area contributed by atoms with Crippen molar-refractivity contribution < 1.29 is 17.9 Å². The summed E-state index contributed by atoms with van der Waals surface area (Å²) in [5.74, 6) is 0. The van der Waals surface area contributed by atoms with Crippen LogP contribution in [0.1, 0.15) is 19.3 Å². The van der Waals surface area contributed by atoms with Crippen molar-refractivity contribution in [1.82, 2.24) is 4.90 Å². The van der Waals surface area contributed by atoms with Crippen molar-refractivity contribution in [2.75, 3.05) is 31.6 Å². The minimum Gasteiger partial charge on any atom is -0.377 e. The summed E-state index contributed by atoms with van der Waals surface area (Å²) in [6, 6.07) is 0. The molecule has 0 N–H and O–H groups in total. The minimum atomic E-state index is -4.04. The van der Waals surface area contributed by atoms with Crippen molar-refractivity contribution in [3.05, 3.63) is 0 Å². The lowest BCUT2D eigenvalue weighted by Crippen LogP contribution is -2.38. The molecule has 0 aromatic rings. The Balaban J connectivity index is 2.12. The van der Waals surface area contributed by atoms with Gasteiger partial charge in [-0.3, -0.25) is 0 Å². The highest BCUT2D eigenvalue weighted by Crippen LogP contribution is 2.21. The maximum atomic E-state index is 12.0. The number of halogens is 4. The van der Waals surface area contributed by atoms with E-state index in [1.165, 1.54) is 0 Å². The van der Waals surface area contributed by atoms with Gasteiger partial charge in [0.2, 0.25) is 0 Å². The highest BCUT2D eigenvalue weighted by molar-refractivity contribution is 9.09. The van der Waals surface area contributed by atoms with E-state index in [1.807, 2.05) is 4.90 Å². The van der Waals surface area contributed by atoms with Crippen molar-refractivity contribution in [3.63, 3.8) is 0 Å². The van der Waals surface area contributed by atoms with Gasteiger partial charge in [-0.05, 0) is 12.8 Å². The van der Waals surface area contributed by atoms with Crippen LogP contribution in [-0.2, 0) is 4.74 Å². The van der Waals surface area contributed by atoms with Crippen molar-refractivity contribution in [2.45, 2.75) is 31.5 Å². The van der Waals surface area contributed by atoms with Gasteiger partial charge >= 0.3 is 6.18 Å². The van der Waals surface area contributed by atoms with E-state index in [2.05, 4.69) is 15.9 Å². The number of rotatable bonds is 5. The monoisotopic (exact) mass is 303 g/mol. The van der Waals surface area contributed by atoms with E-state index < -0.39 is 12.6 Å². The van der Waals surface area contributed by atoms with Gasteiger partial charge in [-0.25, -0.2) is 0 Å². The summed E-state index contributed by atoms with van der Waals surface area (Å²) in [4.78, 5) is 1.86. The first-order chi connectivity index (χ1) is 7.51. The number of ether oxygens (including phenoxy) is 1. The molecule has 1 rings (SSSR count). The lowest BCUT2D eigenvalue weighted by atomic mass is 10.1. The fourth-order valence-corrected chi connectivity index (χ4v) is 1.98. The molecule has 1 aliphatic rings. The predicted octanol–water partition coefficient (Wildman–Crippen LogP) is 2.81. The molecule has 1 aliphatic heterocycles. The molecule has 0 saturated carbocycles. The standard InChI is InChI=1S/C10H17BrF3NO/c11-4-8-16-9-1-5-15(6-2-9)7-3-10(12,13)14/h9H,1-8H2. The van der Waals surface area contributed by atoms with E-state index in [-0.39, 0.29) is 12.6 Å². The van der Waals surface area contributed by atoms with E-state index in [0.717, 1.165) is 18.2 Å². The molecule has 0 aromatic heterocycles. The molecule has 16 heavy (non-hydrogen) atoms. The van der Waals surface area contributed by atoms with E-state index in [1.54, 1.807) is 0 Å². The lowest BCUT2D eigenvalue weighted by Gasteiger charge is -2.31. The number of alkyl halides is 4. The summed E-state index contributed by atoms with van der Waals surface area (Å²) in [5, 5.41) is 0.807. The zero-order valence-corrected chi connectivity index (χ0v) is 10.7. The molecular formula is C10H17BrF3NO. The van der Waals surface area contributed by atoms with Crippen LogP contribution in [-0.4, -0.2) is 48.8 Å². The summed E-state index contributed by atoms with van der Waals surface area (Å²) in [5.41, 5.74) is 0. The summed E-state index contributed by atoms with van der Waals surface area (Å²) in [6.07, 6.45) is -2.85. The summed E-state index contributed by atoms with van der Waals surface area (Å²) < 4.78 is 41.5. The maximum absolute atomic E-state index is 12.0. The van der Waals surface area contributed by atoms with Crippen LogP contribution in [0.25, 0.3) is 0 Å². The van der Waals surface area contributed by atoms with Crippen LogP contribution < -0.4 is 0 Å². The van der Waals surface area contributed by atoms with Gasteiger partial charge < -0.3 is 9.64 Å². The third-order valence-corrected chi connectivity index (χ3v) is 3.00. The van der Waals surface area contributed by atoms with Gasteiger partial charge in [0.05, 0.1) is 19.1 Å². The van der Waals surface area contributed by atoms with Gasteiger partial charge in [0.25, 0.3) is 0 Å². The zero-order valence-electron chi connectivity index (χ0n) is 9.10. The van der Waals surface area contributed by atoms with E-state index in [9.17, 15) is 13.2 Å². The topological polar surface area (TPSA) is 12.5 Å². The molecule has 1 heterocycles. The van der Waals surface area contributed by atoms with Crippen LogP contribution >= 0.6 is 15.9 Å². The van der Waals surface area contributed by atoms with Gasteiger partial charge in [0.1, 0.15) is 0 Å². The van der Waals surface area contributed by atoms with Crippen LogP contribution in [0.4, 0.5) is 13.2 Å². The molecule has 0 amide bonds. The normalized spacial score (nSPS) is 20.2. The van der Waals surface area contributed by atoms with Gasteiger partial charge in [-0.2, -0.15) is 13.2 Å². The molecule has 0 aromatic carbocycles. The average molecular weight is 304 g/mol. The highest BCUT2D eigenvalue weighted by atomic mass is 79.9. The van der Waals surface area contributed by atoms with E-state index in [4.69, 9.17) is 4.74 Å². The maximum Gasteiger partial charge on any atom is 0.390 e.